The van der Waals surface area contributed by atoms with Crippen LogP contribution < -0.4 is 24.8 Å². The van der Waals surface area contributed by atoms with Gasteiger partial charge in [0.25, 0.3) is 0 Å². The summed E-state index contributed by atoms with van der Waals surface area (Å²) in [7, 11) is 4.58. The number of hydrogen-bond acceptors (Lipinski definition) is 7. The number of hydrogen-bond donors (Lipinski definition) is 2. The van der Waals surface area contributed by atoms with E-state index in [1.54, 1.807) is 19.1 Å². The predicted octanol–water partition coefficient (Wildman–Crippen LogP) is 2.37. The summed E-state index contributed by atoms with van der Waals surface area (Å²) >= 11 is 0. The van der Waals surface area contributed by atoms with Crippen LogP contribution in [0, 0.1) is 0 Å². The highest BCUT2D eigenvalue weighted by Crippen LogP contribution is 2.41. The van der Waals surface area contributed by atoms with Gasteiger partial charge in [-0.2, -0.15) is 0 Å². The third kappa shape index (κ3) is 5.04. The zero-order valence-corrected chi connectivity index (χ0v) is 18.6. The van der Waals surface area contributed by atoms with Gasteiger partial charge in [0.2, 0.25) is 0 Å². The Bertz CT molecular complexity index is 848. The van der Waals surface area contributed by atoms with Crippen molar-refractivity contribution in [3.63, 3.8) is 0 Å². The molecule has 0 aromatic heterocycles. The van der Waals surface area contributed by atoms with Crippen LogP contribution in [-0.4, -0.2) is 64.5 Å². The molecule has 2 N–H and O–H groups in total. The number of likely N-dealkylation sites (tertiary alicyclic amines) is 1. The van der Waals surface area contributed by atoms with Gasteiger partial charge in [0.15, 0.2) is 11.5 Å². The van der Waals surface area contributed by atoms with Crippen LogP contribution in [0.2, 0.25) is 0 Å². The fourth-order valence-corrected chi connectivity index (χ4v) is 4.05. The molecule has 170 valence electrons. The van der Waals surface area contributed by atoms with Gasteiger partial charge in [0, 0.05) is 23.9 Å². The number of esters is 1. The van der Waals surface area contributed by atoms with E-state index in [0.29, 0.717) is 40.6 Å². The molecule has 3 rings (SSSR count). The largest absolute Gasteiger partial charge is 0.496 e. The molecule has 2 aliphatic rings. The Morgan fingerprint density at radius 3 is 2.29 bits per heavy atom. The number of piperidine rings is 1. The fraction of sp³-hybridized carbons (Fsp3) is 0.545. The Labute approximate surface area is 182 Å². The maximum Gasteiger partial charge on any atom is 0.338 e. The minimum Gasteiger partial charge on any atom is -0.496 e. The third-order valence-corrected chi connectivity index (χ3v) is 5.53. The van der Waals surface area contributed by atoms with Crippen LogP contribution in [0.25, 0.3) is 0 Å². The van der Waals surface area contributed by atoms with Gasteiger partial charge in [-0.1, -0.05) is 6.42 Å². The Balaban J connectivity index is 2.10. The van der Waals surface area contributed by atoms with Gasteiger partial charge in [-0.05, 0) is 38.9 Å². The average molecular weight is 434 g/mol. The first-order chi connectivity index (χ1) is 15.0. The molecular weight excluding hydrogens is 402 g/mol. The molecule has 0 bridgehead atoms. The molecule has 1 unspecified atom stereocenters. The van der Waals surface area contributed by atoms with Gasteiger partial charge in [-0.25, -0.2) is 9.59 Å². The molecular formula is C22H31N3O6. The summed E-state index contributed by atoms with van der Waals surface area (Å²) in [5.74, 6) is 0.929. The molecule has 9 heteroatoms. The van der Waals surface area contributed by atoms with Crippen molar-refractivity contribution in [2.24, 2.45) is 0 Å². The van der Waals surface area contributed by atoms with Crippen molar-refractivity contribution in [1.82, 2.24) is 15.5 Å². The van der Waals surface area contributed by atoms with Crippen LogP contribution in [0.1, 0.15) is 37.8 Å². The van der Waals surface area contributed by atoms with Gasteiger partial charge in [-0.15, -0.1) is 0 Å². The monoisotopic (exact) mass is 433 g/mol. The summed E-state index contributed by atoms with van der Waals surface area (Å²) in [5, 5.41) is 5.68. The van der Waals surface area contributed by atoms with Crippen LogP contribution >= 0.6 is 0 Å². The van der Waals surface area contributed by atoms with Crippen LogP contribution in [-0.2, 0) is 9.53 Å². The quantitative estimate of drug-likeness (QED) is 0.608. The van der Waals surface area contributed by atoms with Crippen molar-refractivity contribution in [1.29, 1.82) is 0 Å². The number of amides is 2. The topological polar surface area (TPSA) is 98.4 Å². The molecule has 1 aromatic carbocycles. The number of nitrogens with one attached hydrogen (secondary N) is 2. The summed E-state index contributed by atoms with van der Waals surface area (Å²) in [6.07, 6.45) is 3.39. The molecule has 0 spiro atoms. The Morgan fingerprint density at radius 1 is 1.03 bits per heavy atom. The molecule has 2 amide bonds. The summed E-state index contributed by atoms with van der Waals surface area (Å²) < 4.78 is 21.7. The number of ether oxygens (including phenoxy) is 4. The second-order valence-electron chi connectivity index (χ2n) is 7.43. The maximum absolute atomic E-state index is 13.0. The number of carbonyl (C=O) groups is 2. The van der Waals surface area contributed by atoms with Gasteiger partial charge < -0.3 is 29.6 Å². The smallest absolute Gasteiger partial charge is 0.338 e. The minimum atomic E-state index is -0.762. The molecule has 1 saturated heterocycles. The van der Waals surface area contributed by atoms with Crippen molar-refractivity contribution in [3.8, 4) is 17.2 Å². The van der Waals surface area contributed by atoms with Crippen LogP contribution in [0.15, 0.2) is 23.4 Å². The number of rotatable bonds is 8. The zero-order chi connectivity index (χ0) is 22.4. The van der Waals surface area contributed by atoms with E-state index >= 15 is 0 Å². The van der Waals surface area contributed by atoms with E-state index in [-0.39, 0.29) is 12.6 Å². The maximum atomic E-state index is 13.0. The number of nitrogens with zero attached hydrogens (tertiary/aromatic N) is 1. The Kier molecular flexibility index (Phi) is 7.62. The molecule has 1 aromatic rings. The molecule has 0 radical (unpaired) electrons. The van der Waals surface area contributed by atoms with Gasteiger partial charge in [0.1, 0.15) is 5.75 Å². The lowest BCUT2D eigenvalue weighted by Crippen LogP contribution is -2.49. The Morgan fingerprint density at radius 2 is 1.68 bits per heavy atom. The van der Waals surface area contributed by atoms with E-state index in [2.05, 4.69) is 15.5 Å². The van der Waals surface area contributed by atoms with E-state index in [1.165, 1.54) is 27.8 Å². The SMILES string of the molecule is CCOC(=O)C1=C(CN2CCCCC2)NC(=O)NC1c1cc(OC)c(OC)cc1OC. The number of carbonyl (C=O) groups excluding carboxylic acids is 2. The second-order valence-corrected chi connectivity index (χ2v) is 7.43. The van der Waals surface area contributed by atoms with Crippen LogP contribution in [0.5, 0.6) is 17.2 Å². The fourth-order valence-electron chi connectivity index (χ4n) is 4.05. The van der Waals surface area contributed by atoms with Gasteiger partial charge >= 0.3 is 12.0 Å². The standard InChI is InChI=1S/C22H31N3O6/c1-5-31-21(26)19-15(13-25-9-7-6-8-10-25)23-22(27)24-20(19)14-11-17(29-3)18(30-4)12-16(14)28-2/h11-12,20H,5-10,13H2,1-4H3,(H2,23,24,27). The highest BCUT2D eigenvalue weighted by atomic mass is 16.5. The molecule has 31 heavy (non-hydrogen) atoms. The first-order valence-electron chi connectivity index (χ1n) is 10.5. The van der Waals surface area contributed by atoms with Crippen molar-refractivity contribution >= 4 is 12.0 Å². The van der Waals surface area contributed by atoms with E-state index < -0.39 is 12.0 Å². The third-order valence-electron chi connectivity index (χ3n) is 5.53. The molecule has 2 aliphatic heterocycles. The first kappa shape index (κ1) is 22.7. The molecule has 9 nitrogen and oxygen atoms in total. The minimum absolute atomic E-state index is 0.225. The lowest BCUT2D eigenvalue weighted by molar-refractivity contribution is -0.139. The van der Waals surface area contributed by atoms with E-state index in [4.69, 9.17) is 18.9 Å². The highest BCUT2D eigenvalue weighted by molar-refractivity contribution is 5.95. The molecule has 1 atom stereocenters. The van der Waals surface area contributed by atoms with E-state index in [0.717, 1.165) is 25.9 Å². The first-order valence-corrected chi connectivity index (χ1v) is 10.5. The predicted molar refractivity (Wildman–Crippen MR) is 114 cm³/mol. The highest BCUT2D eigenvalue weighted by Gasteiger charge is 2.36. The Hall–Kier alpha value is -2.94. The molecule has 0 aliphatic carbocycles. The van der Waals surface area contributed by atoms with E-state index in [1.807, 2.05) is 0 Å². The molecule has 0 saturated carbocycles. The van der Waals surface area contributed by atoms with Crippen molar-refractivity contribution in [2.45, 2.75) is 32.2 Å². The van der Waals surface area contributed by atoms with Crippen molar-refractivity contribution in [3.05, 3.63) is 29.0 Å². The molecule has 2 heterocycles. The summed E-state index contributed by atoms with van der Waals surface area (Å²) in [5.41, 5.74) is 1.48. The van der Waals surface area contributed by atoms with Crippen molar-refractivity contribution in [2.75, 3.05) is 47.6 Å². The lowest BCUT2D eigenvalue weighted by atomic mass is 9.93. The van der Waals surface area contributed by atoms with Crippen LogP contribution in [0.4, 0.5) is 4.79 Å². The summed E-state index contributed by atoms with van der Waals surface area (Å²) in [6, 6.07) is 2.24. The van der Waals surface area contributed by atoms with E-state index in [9.17, 15) is 9.59 Å². The van der Waals surface area contributed by atoms with Crippen LogP contribution in [0.3, 0.4) is 0 Å². The van der Waals surface area contributed by atoms with Crippen molar-refractivity contribution < 1.29 is 28.5 Å². The van der Waals surface area contributed by atoms with Gasteiger partial charge in [-0.3, -0.25) is 4.90 Å². The number of urea groups is 1. The lowest BCUT2D eigenvalue weighted by Gasteiger charge is -2.34. The number of methoxy groups -OCH3 is 3. The zero-order valence-electron chi connectivity index (χ0n) is 18.6. The second kappa shape index (κ2) is 10.4. The van der Waals surface area contributed by atoms with Gasteiger partial charge in [0.05, 0.1) is 39.6 Å². The average Bonchev–Trinajstić information content (AvgIpc) is 2.78. The number of benzene rings is 1. The normalized spacial score (nSPS) is 19.4. The summed E-state index contributed by atoms with van der Waals surface area (Å²) in [6.45, 7) is 4.29. The summed E-state index contributed by atoms with van der Waals surface area (Å²) in [4.78, 5) is 27.9. The molecule has 1 fully saturated rings.